The molecule has 2 N–H and O–H groups in total. The Morgan fingerprint density at radius 1 is 1.35 bits per heavy atom. The Labute approximate surface area is 133 Å². The van der Waals surface area contributed by atoms with Gasteiger partial charge in [-0.3, -0.25) is 9.78 Å². The minimum absolute atomic E-state index is 0.0946. The first-order valence-electron chi connectivity index (χ1n) is 6.70. The number of carbonyl (C=O) groups is 1. The molecule has 23 heavy (non-hydrogen) atoms. The fourth-order valence-corrected chi connectivity index (χ4v) is 3.46. The molecule has 0 radical (unpaired) electrons. The third-order valence-electron chi connectivity index (χ3n) is 3.09. The number of rotatable bonds is 6. The van der Waals surface area contributed by atoms with Crippen molar-refractivity contribution < 1.29 is 23.1 Å². The van der Waals surface area contributed by atoms with Crippen molar-refractivity contribution in [3.8, 4) is 5.75 Å². The minimum atomic E-state index is -3.93. The van der Waals surface area contributed by atoms with Gasteiger partial charge in [0.05, 0.1) is 24.1 Å². The van der Waals surface area contributed by atoms with Crippen molar-refractivity contribution >= 4 is 21.5 Å². The molecule has 1 aromatic carbocycles. The Morgan fingerprint density at radius 2 is 2.13 bits per heavy atom. The molecular weight excluding hydrogens is 320 g/mol. The van der Waals surface area contributed by atoms with Gasteiger partial charge in [-0.05, 0) is 30.3 Å². The van der Waals surface area contributed by atoms with E-state index in [1.54, 1.807) is 18.3 Å². The lowest BCUT2D eigenvalue weighted by molar-refractivity contribution is -0.140. The van der Waals surface area contributed by atoms with E-state index in [4.69, 9.17) is 0 Å². The lowest BCUT2D eigenvalue weighted by atomic mass is 10.3. The maximum atomic E-state index is 12.7. The molecule has 0 amide bonds. The number of benzene rings is 1. The van der Waals surface area contributed by atoms with Crippen molar-refractivity contribution in [2.24, 2.45) is 0 Å². The Kier molecular flexibility index (Phi) is 5.17. The molecule has 7 nitrogen and oxygen atoms in total. The summed E-state index contributed by atoms with van der Waals surface area (Å²) >= 11 is 0. The highest BCUT2D eigenvalue weighted by Gasteiger charge is 2.30. The summed E-state index contributed by atoms with van der Waals surface area (Å²) in [6.45, 7) is 0. The molecule has 0 aliphatic heterocycles. The summed E-state index contributed by atoms with van der Waals surface area (Å²) in [6.07, 6.45) is 2.61. The number of methoxy groups -OCH3 is 1. The van der Waals surface area contributed by atoms with E-state index in [0.717, 1.165) is 6.07 Å². The summed E-state index contributed by atoms with van der Waals surface area (Å²) in [4.78, 5) is 15.4. The average Bonchev–Trinajstić information content (AvgIpc) is 2.55. The van der Waals surface area contributed by atoms with Gasteiger partial charge in [-0.25, -0.2) is 8.42 Å². The van der Waals surface area contributed by atoms with Crippen LogP contribution in [0.25, 0.3) is 0 Å². The second-order valence-corrected chi connectivity index (χ2v) is 6.83. The zero-order valence-electron chi connectivity index (χ0n) is 12.3. The number of phenolic OH excluding ortho intramolecular Hbond substituents is 1. The number of aromatic hydroxyl groups is 1. The normalized spacial score (nSPS) is 12.4. The van der Waals surface area contributed by atoms with Crippen LogP contribution >= 0.6 is 0 Å². The molecule has 2 aromatic rings. The first kappa shape index (κ1) is 16.8. The smallest absolute Gasteiger partial charge is 0.308 e. The molecular formula is C15H16N2O5S. The van der Waals surface area contributed by atoms with Gasteiger partial charge in [0, 0.05) is 12.4 Å². The van der Waals surface area contributed by atoms with Gasteiger partial charge in [-0.15, -0.1) is 0 Å². The number of nitrogens with zero attached hydrogens (tertiary/aromatic N) is 1. The lowest BCUT2D eigenvalue weighted by Crippen LogP contribution is -2.32. The summed E-state index contributed by atoms with van der Waals surface area (Å²) in [6, 6.07) is 8.53. The Balaban J connectivity index is 2.37. The van der Waals surface area contributed by atoms with E-state index in [9.17, 15) is 18.3 Å². The number of carbonyl (C=O) groups excluding carboxylic acids is 1. The number of pyridine rings is 1. The zero-order chi connectivity index (χ0) is 16.9. The van der Waals surface area contributed by atoms with Gasteiger partial charge in [0.15, 0.2) is 9.84 Å². The van der Waals surface area contributed by atoms with Crippen molar-refractivity contribution in [1.29, 1.82) is 0 Å². The van der Waals surface area contributed by atoms with Crippen LogP contribution in [0.2, 0.25) is 0 Å². The molecule has 8 heteroatoms. The Hall–Kier alpha value is -2.61. The van der Waals surface area contributed by atoms with Gasteiger partial charge < -0.3 is 15.2 Å². The number of esters is 1. The molecule has 2 rings (SSSR count). The second kappa shape index (κ2) is 7.10. The van der Waals surface area contributed by atoms with E-state index >= 15 is 0 Å². The molecule has 0 aliphatic carbocycles. The van der Waals surface area contributed by atoms with E-state index < -0.39 is 21.2 Å². The number of hydrogen-bond acceptors (Lipinski definition) is 7. The number of sulfone groups is 1. The first-order chi connectivity index (χ1) is 10.9. The highest BCUT2D eigenvalue weighted by molar-refractivity contribution is 7.92. The molecule has 0 spiro atoms. The molecule has 1 aromatic heterocycles. The van der Waals surface area contributed by atoms with Crippen LogP contribution in [0.15, 0.2) is 53.7 Å². The number of hydrogen-bond donors (Lipinski definition) is 2. The van der Waals surface area contributed by atoms with Crippen molar-refractivity contribution in [2.45, 2.75) is 16.7 Å². The van der Waals surface area contributed by atoms with Crippen molar-refractivity contribution in [3.63, 3.8) is 0 Å². The molecule has 0 bridgehead atoms. The van der Waals surface area contributed by atoms with Crippen LogP contribution in [0.4, 0.5) is 5.69 Å². The quantitative estimate of drug-likeness (QED) is 0.771. The Bertz CT molecular complexity index is 777. The Morgan fingerprint density at radius 3 is 2.74 bits per heavy atom. The number of anilines is 1. The van der Waals surface area contributed by atoms with Crippen LogP contribution < -0.4 is 5.32 Å². The van der Waals surface area contributed by atoms with Gasteiger partial charge in [0.25, 0.3) is 0 Å². The van der Waals surface area contributed by atoms with Crippen LogP contribution in [0.3, 0.4) is 0 Å². The molecule has 0 saturated carbocycles. The van der Waals surface area contributed by atoms with Crippen LogP contribution in [0.5, 0.6) is 5.75 Å². The first-order valence-corrected chi connectivity index (χ1v) is 8.24. The summed E-state index contributed by atoms with van der Waals surface area (Å²) in [5, 5.41) is 11.0. The average molecular weight is 336 g/mol. The summed E-state index contributed by atoms with van der Waals surface area (Å²) in [5.41, 5.74) is 0.449. The van der Waals surface area contributed by atoms with Gasteiger partial charge in [-0.2, -0.15) is 0 Å². The summed E-state index contributed by atoms with van der Waals surface area (Å²) < 4.78 is 30.0. The van der Waals surface area contributed by atoms with Crippen molar-refractivity contribution in [1.82, 2.24) is 4.98 Å². The fraction of sp³-hybridized carbons (Fsp3) is 0.200. The maximum Gasteiger partial charge on any atom is 0.308 e. The van der Waals surface area contributed by atoms with Gasteiger partial charge >= 0.3 is 5.97 Å². The number of ether oxygens (including phenoxy) is 1. The van der Waals surface area contributed by atoms with Crippen LogP contribution in [0.1, 0.15) is 6.42 Å². The van der Waals surface area contributed by atoms with Crippen LogP contribution in [-0.2, 0) is 19.4 Å². The van der Waals surface area contributed by atoms with Gasteiger partial charge in [-0.1, -0.05) is 6.07 Å². The monoisotopic (exact) mass is 336 g/mol. The number of nitrogens with one attached hydrogen (secondary N) is 1. The van der Waals surface area contributed by atoms with E-state index in [1.165, 1.54) is 31.5 Å². The molecule has 0 saturated heterocycles. The number of aromatic nitrogens is 1. The molecule has 122 valence electrons. The lowest BCUT2D eigenvalue weighted by Gasteiger charge is -2.19. The maximum absolute atomic E-state index is 12.7. The van der Waals surface area contributed by atoms with Crippen LogP contribution in [0, 0.1) is 0 Å². The predicted molar refractivity (Wildman–Crippen MR) is 83.6 cm³/mol. The van der Waals surface area contributed by atoms with Gasteiger partial charge in [0.1, 0.15) is 11.1 Å². The van der Waals surface area contributed by atoms with E-state index in [0.29, 0.717) is 5.69 Å². The third-order valence-corrected chi connectivity index (χ3v) is 5.03. The molecule has 1 heterocycles. The second-order valence-electron chi connectivity index (χ2n) is 4.70. The van der Waals surface area contributed by atoms with E-state index in [1.807, 2.05) is 0 Å². The van der Waals surface area contributed by atoms with Gasteiger partial charge in [0.2, 0.25) is 0 Å². The van der Waals surface area contributed by atoms with Crippen molar-refractivity contribution in [2.75, 3.05) is 12.4 Å². The zero-order valence-corrected chi connectivity index (χ0v) is 13.2. The minimum Gasteiger partial charge on any atom is -0.508 e. The molecule has 1 unspecified atom stereocenters. The molecule has 0 fully saturated rings. The highest BCUT2D eigenvalue weighted by Crippen LogP contribution is 2.23. The largest absolute Gasteiger partial charge is 0.508 e. The fourth-order valence-electron chi connectivity index (χ4n) is 1.93. The summed E-state index contributed by atoms with van der Waals surface area (Å²) in [5.74, 6) is -0.848. The molecule has 1 atom stereocenters. The van der Waals surface area contributed by atoms with E-state index in [-0.39, 0.29) is 17.1 Å². The van der Waals surface area contributed by atoms with Crippen LogP contribution in [-0.4, -0.2) is 37.0 Å². The SMILES string of the molecule is COC(=O)CC(Nc1cccnc1)S(=O)(=O)c1cccc(O)c1. The topological polar surface area (TPSA) is 106 Å². The highest BCUT2D eigenvalue weighted by atomic mass is 32.2. The van der Waals surface area contributed by atoms with Crippen molar-refractivity contribution in [3.05, 3.63) is 48.8 Å². The number of phenols is 1. The summed E-state index contributed by atoms with van der Waals surface area (Å²) in [7, 11) is -2.74. The standard InChI is InChI=1S/C15H16N2O5S/c1-22-15(19)9-14(17-11-4-3-7-16-10-11)23(20,21)13-6-2-5-12(18)8-13/h2-8,10,14,17-18H,9H2,1H3. The predicted octanol–water partition coefficient (Wildman–Crippen LogP) is 1.56. The van der Waals surface area contributed by atoms with E-state index in [2.05, 4.69) is 15.0 Å². The third kappa shape index (κ3) is 4.19. The molecule has 0 aliphatic rings.